The smallest absolute Gasteiger partial charge is 0.233 e. The van der Waals surface area contributed by atoms with Gasteiger partial charge in [-0.15, -0.1) is 0 Å². The van der Waals surface area contributed by atoms with Crippen molar-refractivity contribution in [2.24, 2.45) is 7.05 Å². The van der Waals surface area contributed by atoms with Crippen molar-refractivity contribution in [3.05, 3.63) is 18.0 Å². The zero-order valence-electron chi connectivity index (χ0n) is 7.87. The second kappa shape index (κ2) is 4.61. The summed E-state index contributed by atoms with van der Waals surface area (Å²) in [7, 11) is 3.48. The summed E-state index contributed by atoms with van der Waals surface area (Å²) in [5, 5.41) is 9.55. The number of nitrogens with zero attached hydrogens (tertiary/aromatic N) is 2. The molecule has 0 aliphatic heterocycles. The van der Waals surface area contributed by atoms with E-state index in [0.29, 0.717) is 13.1 Å². The fourth-order valence-corrected chi connectivity index (χ4v) is 0.972. The lowest BCUT2D eigenvalue weighted by molar-refractivity contribution is -0.119. The van der Waals surface area contributed by atoms with Gasteiger partial charge in [-0.3, -0.25) is 9.48 Å². The van der Waals surface area contributed by atoms with Crippen LogP contribution >= 0.6 is 0 Å². The average Bonchev–Trinajstić information content (AvgIpc) is 2.51. The number of hydrogen-bond donors (Lipinski definition) is 2. The van der Waals surface area contributed by atoms with Crippen LogP contribution in [-0.2, 0) is 18.4 Å². The molecule has 0 spiro atoms. The zero-order valence-corrected chi connectivity index (χ0v) is 7.87. The molecule has 1 heterocycles. The van der Waals surface area contributed by atoms with Gasteiger partial charge in [-0.25, -0.2) is 0 Å². The number of carbonyl (C=O) groups is 1. The van der Waals surface area contributed by atoms with Crippen LogP contribution < -0.4 is 10.6 Å². The van der Waals surface area contributed by atoms with Crippen LogP contribution in [0.2, 0.25) is 0 Å². The number of aryl methyl sites for hydroxylation is 1. The number of amides is 1. The molecule has 0 aromatic carbocycles. The Morgan fingerprint density at radius 3 is 3.00 bits per heavy atom. The molecule has 5 nitrogen and oxygen atoms in total. The van der Waals surface area contributed by atoms with Crippen molar-refractivity contribution < 1.29 is 4.79 Å². The summed E-state index contributed by atoms with van der Waals surface area (Å²) in [5.74, 6) is -0.0103. The van der Waals surface area contributed by atoms with Crippen molar-refractivity contribution in [2.75, 3.05) is 13.6 Å². The summed E-state index contributed by atoms with van der Waals surface area (Å²) < 4.78 is 1.73. The van der Waals surface area contributed by atoms with Gasteiger partial charge in [0, 0.05) is 32.4 Å². The quantitative estimate of drug-likeness (QED) is 0.644. The minimum atomic E-state index is -0.0103. The Hall–Kier alpha value is -1.36. The number of rotatable bonds is 4. The third-order valence-electron chi connectivity index (χ3n) is 1.65. The zero-order chi connectivity index (χ0) is 9.68. The SMILES string of the molecule is CNC(=O)CNCc1cnn(C)c1. The van der Waals surface area contributed by atoms with E-state index >= 15 is 0 Å². The topological polar surface area (TPSA) is 59.0 Å². The van der Waals surface area contributed by atoms with Gasteiger partial charge in [-0.1, -0.05) is 0 Å². The predicted molar refractivity (Wildman–Crippen MR) is 49.0 cm³/mol. The molecular weight excluding hydrogens is 168 g/mol. The molecule has 0 aliphatic carbocycles. The van der Waals surface area contributed by atoms with E-state index < -0.39 is 0 Å². The van der Waals surface area contributed by atoms with Crippen LogP contribution in [0.1, 0.15) is 5.56 Å². The number of carbonyl (C=O) groups excluding carboxylic acids is 1. The average molecular weight is 182 g/mol. The van der Waals surface area contributed by atoms with E-state index in [1.807, 2.05) is 13.2 Å². The lowest BCUT2D eigenvalue weighted by Gasteiger charge is -2.00. The molecule has 0 atom stereocenters. The van der Waals surface area contributed by atoms with Gasteiger partial charge in [0.2, 0.25) is 5.91 Å². The van der Waals surface area contributed by atoms with Crippen molar-refractivity contribution in [1.29, 1.82) is 0 Å². The van der Waals surface area contributed by atoms with Crippen molar-refractivity contribution >= 4 is 5.91 Å². The summed E-state index contributed by atoms with van der Waals surface area (Å²) in [4.78, 5) is 10.8. The highest BCUT2D eigenvalue weighted by atomic mass is 16.1. The highest BCUT2D eigenvalue weighted by Gasteiger charge is 1.98. The minimum absolute atomic E-state index is 0.0103. The van der Waals surface area contributed by atoms with Crippen LogP contribution in [0.25, 0.3) is 0 Å². The van der Waals surface area contributed by atoms with E-state index in [4.69, 9.17) is 0 Å². The van der Waals surface area contributed by atoms with Gasteiger partial charge in [0.25, 0.3) is 0 Å². The highest BCUT2D eigenvalue weighted by Crippen LogP contribution is 1.93. The number of hydrogen-bond acceptors (Lipinski definition) is 3. The molecule has 2 N–H and O–H groups in total. The first-order valence-electron chi connectivity index (χ1n) is 4.11. The molecule has 0 bridgehead atoms. The molecule has 0 radical (unpaired) electrons. The second-order valence-corrected chi connectivity index (χ2v) is 2.80. The lowest BCUT2D eigenvalue weighted by Crippen LogP contribution is -2.30. The first-order valence-corrected chi connectivity index (χ1v) is 4.11. The van der Waals surface area contributed by atoms with Crippen LogP contribution in [0.15, 0.2) is 12.4 Å². The summed E-state index contributed by atoms with van der Waals surface area (Å²) >= 11 is 0. The van der Waals surface area contributed by atoms with E-state index in [-0.39, 0.29) is 5.91 Å². The molecular formula is C8H14N4O. The normalized spacial score (nSPS) is 10.0. The molecule has 13 heavy (non-hydrogen) atoms. The Kier molecular flexibility index (Phi) is 3.45. The van der Waals surface area contributed by atoms with Gasteiger partial charge in [0.05, 0.1) is 12.7 Å². The molecule has 72 valence electrons. The third-order valence-corrected chi connectivity index (χ3v) is 1.65. The molecule has 1 amide bonds. The summed E-state index contributed by atoms with van der Waals surface area (Å²) in [6.07, 6.45) is 3.69. The largest absolute Gasteiger partial charge is 0.358 e. The highest BCUT2D eigenvalue weighted by molar-refractivity contribution is 5.77. The fourth-order valence-electron chi connectivity index (χ4n) is 0.972. The van der Waals surface area contributed by atoms with E-state index in [9.17, 15) is 4.79 Å². The van der Waals surface area contributed by atoms with E-state index in [2.05, 4.69) is 15.7 Å². The molecule has 0 fully saturated rings. The fraction of sp³-hybridized carbons (Fsp3) is 0.500. The molecule has 0 saturated carbocycles. The minimum Gasteiger partial charge on any atom is -0.358 e. The van der Waals surface area contributed by atoms with Crippen molar-refractivity contribution in [1.82, 2.24) is 20.4 Å². The maximum Gasteiger partial charge on any atom is 0.233 e. The van der Waals surface area contributed by atoms with Gasteiger partial charge in [0.1, 0.15) is 0 Å². The lowest BCUT2D eigenvalue weighted by atomic mass is 10.3. The Bertz CT molecular complexity index is 281. The first kappa shape index (κ1) is 9.73. The Morgan fingerprint density at radius 2 is 2.46 bits per heavy atom. The van der Waals surface area contributed by atoms with Gasteiger partial charge in [-0.05, 0) is 0 Å². The first-order chi connectivity index (χ1) is 6.22. The molecule has 1 rings (SSSR count). The maximum atomic E-state index is 10.8. The number of aromatic nitrogens is 2. The van der Waals surface area contributed by atoms with E-state index in [1.165, 1.54) is 0 Å². The van der Waals surface area contributed by atoms with E-state index in [1.54, 1.807) is 17.9 Å². The number of nitrogens with one attached hydrogen (secondary N) is 2. The van der Waals surface area contributed by atoms with Gasteiger partial charge in [-0.2, -0.15) is 5.10 Å². The monoisotopic (exact) mass is 182 g/mol. The van der Waals surface area contributed by atoms with Crippen molar-refractivity contribution in [2.45, 2.75) is 6.54 Å². The second-order valence-electron chi connectivity index (χ2n) is 2.80. The molecule has 0 unspecified atom stereocenters. The standard InChI is InChI=1S/C8H14N4O/c1-9-8(13)5-10-3-7-4-11-12(2)6-7/h4,6,10H,3,5H2,1-2H3,(H,9,13). The van der Waals surface area contributed by atoms with Crippen LogP contribution in [-0.4, -0.2) is 29.3 Å². The maximum absolute atomic E-state index is 10.8. The third kappa shape index (κ3) is 3.25. The summed E-state index contributed by atoms with van der Waals surface area (Å²) in [6, 6.07) is 0. The Labute approximate surface area is 77.1 Å². The molecule has 0 aliphatic rings. The van der Waals surface area contributed by atoms with Crippen molar-refractivity contribution in [3.63, 3.8) is 0 Å². The van der Waals surface area contributed by atoms with Crippen LogP contribution in [0.3, 0.4) is 0 Å². The Balaban J connectivity index is 2.24. The van der Waals surface area contributed by atoms with E-state index in [0.717, 1.165) is 5.56 Å². The molecule has 0 saturated heterocycles. The molecule has 1 aromatic rings. The predicted octanol–water partition coefficient (Wildman–Crippen LogP) is -0.744. The Morgan fingerprint density at radius 1 is 1.69 bits per heavy atom. The van der Waals surface area contributed by atoms with Crippen LogP contribution in [0, 0.1) is 0 Å². The number of likely N-dealkylation sites (N-methyl/N-ethyl adjacent to an activating group) is 1. The van der Waals surface area contributed by atoms with Crippen LogP contribution in [0.4, 0.5) is 0 Å². The molecule has 1 aromatic heterocycles. The molecule has 5 heteroatoms. The van der Waals surface area contributed by atoms with Gasteiger partial charge >= 0.3 is 0 Å². The van der Waals surface area contributed by atoms with Gasteiger partial charge < -0.3 is 10.6 Å². The van der Waals surface area contributed by atoms with Crippen LogP contribution in [0.5, 0.6) is 0 Å². The van der Waals surface area contributed by atoms with Gasteiger partial charge in [0.15, 0.2) is 0 Å². The summed E-state index contributed by atoms with van der Waals surface area (Å²) in [5.41, 5.74) is 1.08. The van der Waals surface area contributed by atoms with Crippen molar-refractivity contribution in [3.8, 4) is 0 Å². The summed E-state index contributed by atoms with van der Waals surface area (Å²) in [6.45, 7) is 1.01.